The van der Waals surface area contributed by atoms with Crippen molar-refractivity contribution in [2.75, 3.05) is 6.54 Å². The third kappa shape index (κ3) is 2.70. The molecule has 1 heterocycles. The predicted molar refractivity (Wildman–Crippen MR) is 45.2 cm³/mol. The Morgan fingerprint density at radius 3 is 3.00 bits per heavy atom. The molecule has 0 amide bonds. The van der Waals surface area contributed by atoms with Crippen LogP contribution in [0.5, 0.6) is 0 Å². The van der Waals surface area contributed by atoms with Crippen molar-refractivity contribution < 1.29 is 0 Å². The van der Waals surface area contributed by atoms with Crippen molar-refractivity contribution in [1.29, 1.82) is 0 Å². The fourth-order valence-corrected chi connectivity index (χ4v) is 1.70. The van der Waals surface area contributed by atoms with E-state index in [1.54, 1.807) is 0 Å². The highest BCUT2D eigenvalue weighted by Gasteiger charge is 2.08. The Balaban J connectivity index is 2.15. The smallest absolute Gasteiger partial charge is 0.00669 e. The lowest BCUT2D eigenvalue weighted by Gasteiger charge is -2.13. The Hall–Kier alpha value is -0.0400. The predicted octanol–water partition coefficient (Wildman–Crippen LogP) is 2.32. The monoisotopic (exact) mass is 141 g/mol. The van der Waals surface area contributed by atoms with E-state index in [0.29, 0.717) is 0 Å². The molecule has 1 nitrogen and oxygen atoms in total. The Kier molecular flexibility index (Phi) is 3.81. The van der Waals surface area contributed by atoms with Crippen LogP contribution in [0.1, 0.15) is 45.4 Å². The molecule has 60 valence electrons. The summed E-state index contributed by atoms with van der Waals surface area (Å²) in [6, 6.07) is 0.840. The van der Waals surface area contributed by atoms with E-state index in [-0.39, 0.29) is 0 Å². The third-order valence-electron chi connectivity index (χ3n) is 2.30. The average molecular weight is 141 g/mol. The molecule has 1 saturated heterocycles. The van der Waals surface area contributed by atoms with Gasteiger partial charge in [-0.3, -0.25) is 0 Å². The molecule has 0 bridgehead atoms. The summed E-state index contributed by atoms with van der Waals surface area (Å²) in [5.74, 6) is 0. The van der Waals surface area contributed by atoms with Crippen LogP contribution in [-0.2, 0) is 0 Å². The van der Waals surface area contributed by atoms with E-state index in [0.717, 1.165) is 6.04 Å². The first-order valence-corrected chi connectivity index (χ1v) is 4.67. The molecular weight excluding hydrogens is 122 g/mol. The molecule has 1 fully saturated rings. The fourth-order valence-electron chi connectivity index (χ4n) is 1.70. The summed E-state index contributed by atoms with van der Waals surface area (Å²) in [4.78, 5) is 0. The van der Waals surface area contributed by atoms with Crippen molar-refractivity contribution in [2.45, 2.75) is 51.5 Å². The van der Waals surface area contributed by atoms with Gasteiger partial charge in [0.15, 0.2) is 0 Å². The van der Waals surface area contributed by atoms with E-state index in [2.05, 4.69) is 12.2 Å². The van der Waals surface area contributed by atoms with Gasteiger partial charge in [0.25, 0.3) is 0 Å². The minimum absolute atomic E-state index is 0.840. The molecule has 0 aromatic rings. The second-order valence-corrected chi connectivity index (χ2v) is 3.29. The van der Waals surface area contributed by atoms with Gasteiger partial charge in [-0.15, -0.1) is 0 Å². The van der Waals surface area contributed by atoms with Crippen LogP contribution in [0.3, 0.4) is 0 Å². The first-order valence-electron chi connectivity index (χ1n) is 4.67. The SMILES string of the molecule is CCCC1CCCCCN1. The molecule has 1 atom stereocenters. The number of hydrogen-bond donors (Lipinski definition) is 1. The lowest BCUT2D eigenvalue weighted by Crippen LogP contribution is -2.27. The molecule has 1 unspecified atom stereocenters. The van der Waals surface area contributed by atoms with Gasteiger partial charge >= 0.3 is 0 Å². The van der Waals surface area contributed by atoms with Gasteiger partial charge in [0.1, 0.15) is 0 Å². The standard InChI is InChI=1S/C9H19N/c1-2-6-9-7-4-3-5-8-10-9/h9-10H,2-8H2,1H3. The van der Waals surface area contributed by atoms with Gasteiger partial charge < -0.3 is 5.32 Å². The van der Waals surface area contributed by atoms with Crippen molar-refractivity contribution >= 4 is 0 Å². The molecule has 1 rings (SSSR count). The molecular formula is C9H19N. The molecule has 1 aliphatic heterocycles. The van der Waals surface area contributed by atoms with Crippen LogP contribution in [-0.4, -0.2) is 12.6 Å². The molecule has 1 heteroatoms. The van der Waals surface area contributed by atoms with Crippen LogP contribution in [0.25, 0.3) is 0 Å². The van der Waals surface area contributed by atoms with Crippen LogP contribution < -0.4 is 5.32 Å². The Labute approximate surface area is 64.2 Å². The van der Waals surface area contributed by atoms with Gasteiger partial charge in [0.2, 0.25) is 0 Å². The lowest BCUT2D eigenvalue weighted by atomic mass is 10.1. The maximum atomic E-state index is 3.58. The highest BCUT2D eigenvalue weighted by molar-refractivity contribution is 4.69. The zero-order valence-electron chi connectivity index (χ0n) is 7.03. The van der Waals surface area contributed by atoms with Gasteiger partial charge in [-0.2, -0.15) is 0 Å². The van der Waals surface area contributed by atoms with E-state index in [9.17, 15) is 0 Å². The fraction of sp³-hybridized carbons (Fsp3) is 1.00. The van der Waals surface area contributed by atoms with Crippen LogP contribution in [0.2, 0.25) is 0 Å². The van der Waals surface area contributed by atoms with Crippen molar-refractivity contribution in [2.24, 2.45) is 0 Å². The molecule has 0 radical (unpaired) electrons. The zero-order valence-corrected chi connectivity index (χ0v) is 7.03. The molecule has 1 N–H and O–H groups in total. The second-order valence-electron chi connectivity index (χ2n) is 3.29. The molecule has 10 heavy (non-hydrogen) atoms. The molecule has 0 aromatic heterocycles. The van der Waals surface area contributed by atoms with Crippen molar-refractivity contribution in [1.82, 2.24) is 5.32 Å². The Morgan fingerprint density at radius 1 is 1.30 bits per heavy atom. The first kappa shape index (κ1) is 8.06. The summed E-state index contributed by atoms with van der Waals surface area (Å²) in [6.07, 6.45) is 8.39. The van der Waals surface area contributed by atoms with E-state index < -0.39 is 0 Å². The largest absolute Gasteiger partial charge is 0.314 e. The summed E-state index contributed by atoms with van der Waals surface area (Å²) in [5.41, 5.74) is 0. The minimum atomic E-state index is 0.840. The van der Waals surface area contributed by atoms with Gasteiger partial charge in [0, 0.05) is 6.04 Å². The minimum Gasteiger partial charge on any atom is -0.314 e. The van der Waals surface area contributed by atoms with E-state index in [4.69, 9.17) is 0 Å². The van der Waals surface area contributed by atoms with Crippen molar-refractivity contribution in [3.05, 3.63) is 0 Å². The van der Waals surface area contributed by atoms with E-state index in [1.807, 2.05) is 0 Å². The van der Waals surface area contributed by atoms with Crippen molar-refractivity contribution in [3.8, 4) is 0 Å². The van der Waals surface area contributed by atoms with Gasteiger partial charge in [0.05, 0.1) is 0 Å². The summed E-state index contributed by atoms with van der Waals surface area (Å²) >= 11 is 0. The van der Waals surface area contributed by atoms with Crippen LogP contribution in [0.15, 0.2) is 0 Å². The molecule has 0 aliphatic carbocycles. The number of rotatable bonds is 2. The normalized spacial score (nSPS) is 27.9. The van der Waals surface area contributed by atoms with E-state index in [1.165, 1.54) is 45.1 Å². The van der Waals surface area contributed by atoms with E-state index >= 15 is 0 Å². The van der Waals surface area contributed by atoms with Crippen molar-refractivity contribution in [3.63, 3.8) is 0 Å². The highest BCUT2D eigenvalue weighted by atomic mass is 14.9. The molecule has 0 aromatic carbocycles. The third-order valence-corrected chi connectivity index (χ3v) is 2.30. The summed E-state index contributed by atoms with van der Waals surface area (Å²) in [7, 11) is 0. The summed E-state index contributed by atoms with van der Waals surface area (Å²) < 4.78 is 0. The van der Waals surface area contributed by atoms with Gasteiger partial charge in [-0.25, -0.2) is 0 Å². The summed E-state index contributed by atoms with van der Waals surface area (Å²) in [5, 5.41) is 3.58. The van der Waals surface area contributed by atoms with Crippen LogP contribution in [0.4, 0.5) is 0 Å². The molecule has 1 aliphatic rings. The Morgan fingerprint density at radius 2 is 2.20 bits per heavy atom. The summed E-state index contributed by atoms with van der Waals surface area (Å²) in [6.45, 7) is 3.53. The maximum Gasteiger partial charge on any atom is 0.00669 e. The van der Waals surface area contributed by atoms with Crippen LogP contribution in [0, 0.1) is 0 Å². The number of nitrogens with one attached hydrogen (secondary N) is 1. The van der Waals surface area contributed by atoms with Gasteiger partial charge in [-0.05, 0) is 25.8 Å². The molecule has 0 spiro atoms. The second kappa shape index (κ2) is 4.73. The quantitative estimate of drug-likeness (QED) is 0.622. The highest BCUT2D eigenvalue weighted by Crippen LogP contribution is 2.11. The first-order chi connectivity index (χ1) is 4.93. The maximum absolute atomic E-state index is 3.58. The molecule has 0 saturated carbocycles. The lowest BCUT2D eigenvalue weighted by molar-refractivity contribution is 0.473. The Bertz CT molecular complexity index is 72.8. The van der Waals surface area contributed by atoms with Crippen LogP contribution >= 0.6 is 0 Å². The number of hydrogen-bond acceptors (Lipinski definition) is 1. The topological polar surface area (TPSA) is 12.0 Å². The zero-order chi connectivity index (χ0) is 7.23. The van der Waals surface area contributed by atoms with Gasteiger partial charge in [-0.1, -0.05) is 26.2 Å². The average Bonchev–Trinajstić information content (AvgIpc) is 2.17.